The zero-order valence-corrected chi connectivity index (χ0v) is 15.8. The first-order valence-electron chi connectivity index (χ1n) is 7.88. The topological polar surface area (TPSA) is 68.9 Å². The van der Waals surface area contributed by atoms with E-state index in [0.29, 0.717) is 11.1 Å². The molecule has 0 saturated heterocycles. The van der Waals surface area contributed by atoms with Gasteiger partial charge in [0, 0.05) is 11.8 Å². The van der Waals surface area contributed by atoms with Crippen molar-refractivity contribution >= 4 is 29.1 Å². The third-order valence-corrected chi connectivity index (χ3v) is 4.47. The van der Waals surface area contributed by atoms with Gasteiger partial charge in [0.25, 0.3) is 0 Å². The van der Waals surface area contributed by atoms with E-state index < -0.39 is 17.8 Å². The fourth-order valence-electron chi connectivity index (χ4n) is 2.88. The Labute approximate surface area is 168 Å². The molecule has 0 fully saturated rings. The Hall–Kier alpha value is -2.64. The largest absolute Gasteiger partial charge is 0.433 e. The first-order valence-corrected chi connectivity index (χ1v) is 8.64. The molecule has 0 bridgehead atoms. The molecule has 0 aliphatic heterocycles. The van der Waals surface area contributed by atoms with Crippen LogP contribution in [0.5, 0.6) is 0 Å². The average Bonchev–Trinajstić information content (AvgIpc) is 2.60. The molecule has 0 saturated carbocycles. The second-order valence-corrected chi connectivity index (χ2v) is 6.75. The van der Waals surface area contributed by atoms with Gasteiger partial charge in [-0.15, -0.1) is 0 Å². The summed E-state index contributed by atoms with van der Waals surface area (Å²) in [5.41, 5.74) is 5.51. The maximum absolute atomic E-state index is 13.5. The Bertz CT molecular complexity index is 1060. The third kappa shape index (κ3) is 3.95. The Morgan fingerprint density at radius 2 is 1.68 bits per heavy atom. The molecule has 0 radical (unpaired) electrons. The van der Waals surface area contributed by atoms with Crippen LogP contribution in [-0.4, -0.2) is 15.9 Å². The van der Waals surface area contributed by atoms with E-state index in [2.05, 4.69) is 9.97 Å². The number of nitrogens with zero attached hydrogens (tertiary/aromatic N) is 2. The number of rotatable bonds is 3. The smallest absolute Gasteiger partial charge is 0.366 e. The molecule has 1 amide bonds. The quantitative estimate of drug-likeness (QED) is 0.559. The second-order valence-electron chi connectivity index (χ2n) is 5.98. The minimum absolute atomic E-state index is 0.138. The first-order chi connectivity index (χ1) is 13.1. The molecule has 3 aromatic rings. The Balaban J connectivity index is 2.31. The Kier molecular flexibility index (Phi) is 5.32. The lowest BCUT2D eigenvalue weighted by atomic mass is 9.92. The summed E-state index contributed by atoms with van der Waals surface area (Å²) in [5.74, 6) is -0.986. The van der Waals surface area contributed by atoms with Gasteiger partial charge in [0.15, 0.2) is 5.69 Å². The number of aromatic nitrogens is 2. The van der Waals surface area contributed by atoms with Gasteiger partial charge in [0.1, 0.15) is 10.3 Å². The van der Waals surface area contributed by atoms with Crippen LogP contribution in [0, 0.1) is 6.92 Å². The van der Waals surface area contributed by atoms with Crippen LogP contribution in [0.4, 0.5) is 13.2 Å². The van der Waals surface area contributed by atoms with Crippen molar-refractivity contribution in [3.8, 4) is 22.3 Å². The van der Waals surface area contributed by atoms with Crippen molar-refractivity contribution in [2.24, 2.45) is 5.73 Å². The number of carbonyl (C=O) groups excluding carboxylic acids is 1. The van der Waals surface area contributed by atoms with Crippen LogP contribution in [-0.2, 0) is 6.18 Å². The fourth-order valence-corrected chi connectivity index (χ4v) is 3.34. The van der Waals surface area contributed by atoms with Gasteiger partial charge in [0.05, 0.1) is 5.56 Å². The third-order valence-electron chi connectivity index (χ3n) is 4.09. The average molecular weight is 426 g/mol. The van der Waals surface area contributed by atoms with Crippen LogP contribution >= 0.6 is 23.2 Å². The molecule has 2 aromatic heterocycles. The van der Waals surface area contributed by atoms with Crippen molar-refractivity contribution in [1.82, 2.24) is 9.97 Å². The van der Waals surface area contributed by atoms with E-state index in [1.807, 2.05) is 0 Å². The predicted molar refractivity (Wildman–Crippen MR) is 101 cm³/mol. The lowest BCUT2D eigenvalue weighted by Gasteiger charge is -2.16. The van der Waals surface area contributed by atoms with Gasteiger partial charge in [-0.1, -0.05) is 35.3 Å². The van der Waals surface area contributed by atoms with E-state index in [0.717, 1.165) is 17.8 Å². The highest BCUT2D eigenvalue weighted by Crippen LogP contribution is 2.39. The second kappa shape index (κ2) is 7.41. The summed E-state index contributed by atoms with van der Waals surface area (Å²) in [6.07, 6.45) is -3.86. The predicted octanol–water partition coefficient (Wildman–Crippen LogP) is 5.54. The summed E-state index contributed by atoms with van der Waals surface area (Å²) in [6, 6.07) is 8.86. The monoisotopic (exact) mass is 425 g/mol. The van der Waals surface area contributed by atoms with E-state index in [4.69, 9.17) is 28.9 Å². The van der Waals surface area contributed by atoms with E-state index in [1.165, 1.54) is 12.1 Å². The molecule has 0 spiro atoms. The maximum Gasteiger partial charge on any atom is 0.433 e. The van der Waals surface area contributed by atoms with Crippen molar-refractivity contribution in [3.63, 3.8) is 0 Å². The summed E-state index contributed by atoms with van der Waals surface area (Å²) in [7, 11) is 0. The number of alkyl halides is 3. The molecule has 0 unspecified atom stereocenters. The van der Waals surface area contributed by atoms with Gasteiger partial charge in [-0.25, -0.2) is 4.98 Å². The SMILES string of the molecule is Cc1ccc(-c2c(C(N)=O)ccnc2C(F)(F)F)cc1-c1cc(Cl)nc(Cl)c1. The standard InChI is InChI=1S/C19H12Cl2F3N3O/c1-9-2-3-10(6-13(9)11-7-14(20)27-15(21)8-11)16-12(18(25)28)4-5-26-17(16)19(22,23)24/h2-8H,1H3,(H2,25,28). The van der Waals surface area contributed by atoms with Gasteiger partial charge >= 0.3 is 6.18 Å². The number of primary amides is 1. The molecular formula is C19H12Cl2F3N3O. The molecule has 0 aliphatic carbocycles. The highest BCUT2D eigenvalue weighted by atomic mass is 35.5. The van der Waals surface area contributed by atoms with Crippen LogP contribution in [0.15, 0.2) is 42.6 Å². The van der Waals surface area contributed by atoms with Gasteiger partial charge in [-0.2, -0.15) is 13.2 Å². The minimum Gasteiger partial charge on any atom is -0.366 e. The lowest BCUT2D eigenvalue weighted by molar-refractivity contribution is -0.140. The van der Waals surface area contributed by atoms with Crippen LogP contribution in [0.2, 0.25) is 10.3 Å². The van der Waals surface area contributed by atoms with Crippen LogP contribution in [0.3, 0.4) is 0 Å². The number of carbonyl (C=O) groups is 1. The Morgan fingerprint density at radius 3 is 2.25 bits per heavy atom. The molecule has 2 N–H and O–H groups in total. The number of benzene rings is 1. The highest BCUT2D eigenvalue weighted by Gasteiger charge is 2.37. The summed E-state index contributed by atoms with van der Waals surface area (Å²) >= 11 is 11.9. The van der Waals surface area contributed by atoms with Gasteiger partial charge < -0.3 is 5.73 Å². The van der Waals surface area contributed by atoms with Gasteiger partial charge in [-0.05, 0) is 53.4 Å². The van der Waals surface area contributed by atoms with Crippen molar-refractivity contribution < 1.29 is 18.0 Å². The number of aryl methyl sites for hydroxylation is 1. The maximum atomic E-state index is 13.5. The summed E-state index contributed by atoms with van der Waals surface area (Å²) in [4.78, 5) is 19.1. The molecule has 28 heavy (non-hydrogen) atoms. The van der Waals surface area contributed by atoms with Crippen molar-refractivity contribution in [1.29, 1.82) is 0 Å². The molecule has 9 heteroatoms. The summed E-state index contributed by atoms with van der Waals surface area (Å²) in [6.45, 7) is 1.78. The lowest BCUT2D eigenvalue weighted by Crippen LogP contribution is -2.18. The van der Waals surface area contributed by atoms with Crippen LogP contribution in [0.1, 0.15) is 21.6 Å². The number of nitrogens with two attached hydrogens (primary N) is 1. The molecule has 3 rings (SSSR count). The fraction of sp³-hybridized carbons (Fsp3) is 0.105. The number of hydrogen-bond donors (Lipinski definition) is 1. The van der Waals surface area contributed by atoms with E-state index in [9.17, 15) is 18.0 Å². The Morgan fingerprint density at radius 1 is 1.04 bits per heavy atom. The van der Waals surface area contributed by atoms with Crippen molar-refractivity contribution in [2.75, 3.05) is 0 Å². The highest BCUT2D eigenvalue weighted by molar-refractivity contribution is 6.32. The molecule has 2 heterocycles. The first kappa shape index (κ1) is 20.1. The number of hydrogen-bond acceptors (Lipinski definition) is 3. The molecule has 144 valence electrons. The van der Waals surface area contributed by atoms with E-state index in [-0.39, 0.29) is 27.0 Å². The molecule has 0 aliphatic rings. The van der Waals surface area contributed by atoms with E-state index >= 15 is 0 Å². The molecule has 1 aromatic carbocycles. The summed E-state index contributed by atoms with van der Waals surface area (Å²) in [5, 5.41) is 0.282. The number of amides is 1. The van der Waals surface area contributed by atoms with Gasteiger partial charge in [0.2, 0.25) is 5.91 Å². The zero-order valence-electron chi connectivity index (χ0n) is 14.3. The minimum atomic E-state index is -4.77. The number of halogens is 5. The molecular weight excluding hydrogens is 414 g/mol. The normalized spacial score (nSPS) is 11.5. The van der Waals surface area contributed by atoms with Crippen LogP contribution < -0.4 is 5.73 Å². The zero-order chi connectivity index (χ0) is 20.6. The summed E-state index contributed by atoms with van der Waals surface area (Å²) < 4.78 is 40.6. The van der Waals surface area contributed by atoms with E-state index in [1.54, 1.807) is 25.1 Å². The molecule has 4 nitrogen and oxygen atoms in total. The van der Waals surface area contributed by atoms with Crippen LogP contribution in [0.25, 0.3) is 22.3 Å². The van der Waals surface area contributed by atoms with Crippen molar-refractivity contribution in [3.05, 3.63) is 69.7 Å². The number of pyridine rings is 2. The molecule has 0 atom stereocenters. The van der Waals surface area contributed by atoms with Gasteiger partial charge in [-0.3, -0.25) is 9.78 Å². The van der Waals surface area contributed by atoms with Crippen molar-refractivity contribution in [2.45, 2.75) is 13.1 Å².